The first kappa shape index (κ1) is 27.7. The van der Waals surface area contributed by atoms with Gasteiger partial charge in [-0.15, -0.1) is 0 Å². The lowest BCUT2D eigenvalue weighted by atomic mass is 10.1. The molecule has 9 nitrogen and oxygen atoms in total. The first-order chi connectivity index (χ1) is 19.8. The summed E-state index contributed by atoms with van der Waals surface area (Å²) >= 11 is 2.93. The molecule has 6 aromatic rings. The van der Waals surface area contributed by atoms with Crippen LogP contribution in [0.1, 0.15) is 33.0 Å². The Hall–Kier alpha value is -4.43. The van der Waals surface area contributed by atoms with Crippen LogP contribution in [-0.4, -0.2) is 37.9 Å². The van der Waals surface area contributed by atoms with E-state index >= 15 is 0 Å². The van der Waals surface area contributed by atoms with Crippen molar-refractivity contribution in [2.24, 2.45) is 0 Å². The minimum atomic E-state index is -4.79. The molecule has 0 amide bonds. The van der Waals surface area contributed by atoms with E-state index in [1.54, 1.807) is 44.2 Å². The fraction of sp³-hybridized carbons (Fsp3) is 0.107. The molecule has 0 radical (unpaired) electrons. The van der Waals surface area contributed by atoms with Gasteiger partial charge in [-0.05, 0) is 62.4 Å². The van der Waals surface area contributed by atoms with Crippen molar-refractivity contribution in [2.75, 3.05) is 5.73 Å². The zero-order valence-corrected chi connectivity index (χ0v) is 24.3. The minimum absolute atomic E-state index is 0.0858. The van der Waals surface area contributed by atoms with Gasteiger partial charge >= 0.3 is 6.18 Å². The standard InChI is InChI=1S/C28H20BrF3N6O3S/c1-14-3-6-18(7-4-14)42(40,41)38-24-12-20(28(30,31)32)21(29)9-16(24)10-25(38)26(39)19-13-34-37(27(19)33)17-5-8-22-23(11-17)36-15(2)35-22/h3-13H,33H2,1-2H3,(H,35,36). The number of benzene rings is 3. The van der Waals surface area contributed by atoms with E-state index in [9.17, 15) is 26.4 Å². The molecule has 0 spiro atoms. The van der Waals surface area contributed by atoms with Crippen LogP contribution in [-0.2, 0) is 16.2 Å². The van der Waals surface area contributed by atoms with Crippen LogP contribution in [0.4, 0.5) is 19.0 Å². The highest BCUT2D eigenvalue weighted by molar-refractivity contribution is 9.10. The number of nitrogens with zero attached hydrogens (tertiary/aromatic N) is 4. The van der Waals surface area contributed by atoms with Gasteiger partial charge in [-0.1, -0.05) is 33.6 Å². The van der Waals surface area contributed by atoms with Crippen LogP contribution in [0.2, 0.25) is 0 Å². The normalized spacial score (nSPS) is 12.4. The Labute approximate surface area is 245 Å². The van der Waals surface area contributed by atoms with Gasteiger partial charge in [0, 0.05) is 9.86 Å². The largest absolute Gasteiger partial charge is 0.417 e. The molecule has 0 saturated carbocycles. The molecular formula is C28H20BrF3N6O3S. The molecule has 0 bridgehead atoms. The lowest BCUT2D eigenvalue weighted by Crippen LogP contribution is -2.20. The number of rotatable bonds is 5. The van der Waals surface area contributed by atoms with E-state index in [1.165, 1.54) is 29.1 Å². The maximum absolute atomic E-state index is 13.9. The Morgan fingerprint density at radius 2 is 1.74 bits per heavy atom. The Balaban J connectivity index is 1.55. The number of imidazole rings is 1. The van der Waals surface area contributed by atoms with E-state index in [1.807, 2.05) is 0 Å². The van der Waals surface area contributed by atoms with Gasteiger partial charge in [0.05, 0.1) is 44.5 Å². The Morgan fingerprint density at radius 3 is 2.43 bits per heavy atom. The van der Waals surface area contributed by atoms with Crippen LogP contribution in [0.5, 0.6) is 0 Å². The summed E-state index contributed by atoms with van der Waals surface area (Å²) in [6, 6.07) is 14.0. The highest BCUT2D eigenvalue weighted by atomic mass is 79.9. The number of carbonyl (C=O) groups excluding carboxylic acids is 1. The lowest BCUT2D eigenvalue weighted by molar-refractivity contribution is -0.138. The van der Waals surface area contributed by atoms with Crippen LogP contribution in [0.25, 0.3) is 27.6 Å². The molecule has 0 aliphatic carbocycles. The van der Waals surface area contributed by atoms with Gasteiger partial charge in [-0.2, -0.15) is 18.3 Å². The Morgan fingerprint density at radius 1 is 1.02 bits per heavy atom. The fourth-order valence-electron chi connectivity index (χ4n) is 4.79. The molecule has 42 heavy (non-hydrogen) atoms. The molecular weight excluding hydrogens is 637 g/mol. The molecule has 0 saturated heterocycles. The highest BCUT2D eigenvalue weighted by Crippen LogP contribution is 2.39. The second-order valence-electron chi connectivity index (χ2n) is 9.71. The third-order valence-corrected chi connectivity index (χ3v) is 9.22. The summed E-state index contributed by atoms with van der Waals surface area (Å²) in [5, 5.41) is 4.34. The van der Waals surface area contributed by atoms with Crippen molar-refractivity contribution in [3.05, 3.63) is 99.5 Å². The van der Waals surface area contributed by atoms with Gasteiger partial charge in [-0.25, -0.2) is 22.1 Å². The van der Waals surface area contributed by atoms with Crippen molar-refractivity contribution in [3.63, 3.8) is 0 Å². The molecule has 3 aromatic heterocycles. The smallest absolute Gasteiger partial charge is 0.383 e. The Bertz CT molecular complexity index is 2160. The van der Waals surface area contributed by atoms with E-state index in [4.69, 9.17) is 5.73 Å². The molecule has 6 rings (SSSR count). The van der Waals surface area contributed by atoms with Crippen molar-refractivity contribution < 1.29 is 26.4 Å². The van der Waals surface area contributed by atoms with E-state index in [2.05, 4.69) is 31.0 Å². The third kappa shape index (κ3) is 4.47. The molecule has 14 heteroatoms. The van der Waals surface area contributed by atoms with Crippen LogP contribution < -0.4 is 5.73 Å². The number of alkyl halides is 3. The van der Waals surface area contributed by atoms with Gasteiger partial charge in [0.1, 0.15) is 17.3 Å². The number of halogens is 4. The van der Waals surface area contributed by atoms with Gasteiger partial charge in [0.2, 0.25) is 5.78 Å². The lowest BCUT2D eigenvalue weighted by Gasteiger charge is -2.14. The molecule has 0 unspecified atom stereocenters. The summed E-state index contributed by atoms with van der Waals surface area (Å²) < 4.78 is 71.0. The van der Waals surface area contributed by atoms with E-state index in [0.717, 1.165) is 11.6 Å². The van der Waals surface area contributed by atoms with Crippen molar-refractivity contribution in [2.45, 2.75) is 24.9 Å². The summed E-state index contributed by atoms with van der Waals surface area (Å²) in [6.07, 6.45) is -3.60. The number of hydrogen-bond donors (Lipinski definition) is 2. The molecule has 0 aliphatic rings. The maximum atomic E-state index is 13.9. The van der Waals surface area contributed by atoms with Crippen LogP contribution in [0, 0.1) is 13.8 Å². The SMILES string of the molecule is Cc1ccc(S(=O)(=O)n2c(C(=O)c3cnn(-c4ccc5nc(C)[nH]c5c4)c3N)cc3cc(Br)c(C(F)(F)F)cc32)cc1. The zero-order chi connectivity index (χ0) is 30.1. The quantitative estimate of drug-likeness (QED) is 0.214. The molecule has 0 aliphatic heterocycles. The number of nitrogen functional groups attached to an aromatic ring is 1. The number of nitrogens with two attached hydrogens (primary N) is 1. The van der Waals surface area contributed by atoms with Crippen LogP contribution >= 0.6 is 15.9 Å². The molecule has 3 aromatic carbocycles. The summed E-state index contributed by atoms with van der Waals surface area (Å²) in [5.41, 5.74) is 7.11. The molecule has 3 N–H and O–H groups in total. The van der Waals surface area contributed by atoms with E-state index in [-0.39, 0.29) is 31.7 Å². The average Bonchev–Trinajstić information content (AvgIpc) is 3.60. The van der Waals surface area contributed by atoms with Gasteiger partial charge < -0.3 is 10.7 Å². The minimum Gasteiger partial charge on any atom is -0.383 e. The Kier molecular flexibility index (Phi) is 6.31. The number of hydrogen-bond acceptors (Lipinski definition) is 6. The second kappa shape index (κ2) is 9.56. The summed E-state index contributed by atoms with van der Waals surface area (Å²) in [6.45, 7) is 3.56. The average molecular weight is 657 g/mol. The first-order valence-corrected chi connectivity index (χ1v) is 14.6. The molecule has 214 valence electrons. The highest BCUT2D eigenvalue weighted by Gasteiger charge is 2.36. The first-order valence-electron chi connectivity index (χ1n) is 12.3. The number of ketones is 1. The monoisotopic (exact) mass is 656 g/mol. The van der Waals surface area contributed by atoms with Gasteiger partial charge in [-0.3, -0.25) is 4.79 Å². The second-order valence-corrected chi connectivity index (χ2v) is 12.3. The number of aryl methyl sites for hydroxylation is 2. The number of fused-ring (bicyclic) bond motifs is 2. The molecule has 0 atom stereocenters. The number of aromatic amines is 1. The number of nitrogens with one attached hydrogen (secondary N) is 1. The predicted molar refractivity (Wildman–Crippen MR) is 154 cm³/mol. The predicted octanol–water partition coefficient (Wildman–Crippen LogP) is 6.15. The topological polar surface area (TPSA) is 129 Å². The van der Waals surface area contributed by atoms with Crippen molar-refractivity contribution in [1.82, 2.24) is 23.7 Å². The summed E-state index contributed by atoms with van der Waals surface area (Å²) in [5.74, 6) is -0.222. The zero-order valence-electron chi connectivity index (χ0n) is 21.9. The van der Waals surface area contributed by atoms with Gasteiger partial charge in [0.15, 0.2) is 0 Å². The number of H-pyrrole nitrogens is 1. The van der Waals surface area contributed by atoms with Crippen molar-refractivity contribution in [1.29, 1.82) is 0 Å². The number of carbonyl (C=O) groups is 1. The van der Waals surface area contributed by atoms with Crippen molar-refractivity contribution in [3.8, 4) is 5.69 Å². The third-order valence-electron chi connectivity index (χ3n) is 6.82. The van der Waals surface area contributed by atoms with E-state index < -0.39 is 33.2 Å². The summed E-state index contributed by atoms with van der Waals surface area (Å²) in [7, 11) is -4.54. The number of anilines is 1. The van der Waals surface area contributed by atoms with E-state index in [0.29, 0.717) is 32.6 Å². The van der Waals surface area contributed by atoms with Crippen LogP contribution in [0.15, 0.2) is 76.2 Å². The van der Waals surface area contributed by atoms with Gasteiger partial charge in [0.25, 0.3) is 10.0 Å². The maximum Gasteiger partial charge on any atom is 0.417 e. The molecule has 0 fully saturated rings. The summed E-state index contributed by atoms with van der Waals surface area (Å²) in [4.78, 5) is 21.2. The number of aromatic nitrogens is 5. The van der Waals surface area contributed by atoms with Crippen molar-refractivity contribution >= 4 is 59.5 Å². The fourth-order valence-corrected chi connectivity index (χ4v) is 6.88. The molecule has 3 heterocycles. The van der Waals surface area contributed by atoms with Crippen LogP contribution in [0.3, 0.4) is 0 Å².